The lowest BCUT2D eigenvalue weighted by molar-refractivity contribution is 0.104. The minimum absolute atomic E-state index is 0.0769. The third-order valence-electron chi connectivity index (χ3n) is 3.25. The summed E-state index contributed by atoms with van der Waals surface area (Å²) in [5.74, 6) is 1.13. The van der Waals surface area contributed by atoms with Crippen LogP contribution in [0.5, 0.6) is 11.5 Å². The van der Waals surface area contributed by atoms with Crippen molar-refractivity contribution in [1.29, 1.82) is 0 Å². The van der Waals surface area contributed by atoms with Crippen LogP contribution in [-0.2, 0) is 0 Å². The Bertz CT molecular complexity index is 703. The lowest BCUT2D eigenvalue weighted by atomic mass is 10.0. The minimum atomic E-state index is -0.0769. The van der Waals surface area contributed by atoms with E-state index in [4.69, 9.17) is 9.47 Å². The van der Waals surface area contributed by atoms with Gasteiger partial charge in [0.25, 0.3) is 0 Å². The van der Waals surface area contributed by atoms with E-state index < -0.39 is 0 Å². The lowest BCUT2D eigenvalue weighted by Gasteiger charge is -2.11. The van der Waals surface area contributed by atoms with Crippen molar-refractivity contribution < 1.29 is 14.3 Å². The highest BCUT2D eigenvalue weighted by molar-refractivity contribution is 9.10. The van der Waals surface area contributed by atoms with Gasteiger partial charge >= 0.3 is 0 Å². The van der Waals surface area contributed by atoms with Gasteiger partial charge in [-0.1, -0.05) is 34.1 Å². The molecule has 0 atom stereocenters. The molecule has 0 aliphatic carbocycles. The number of aryl methyl sites for hydroxylation is 1. The highest BCUT2D eigenvalue weighted by atomic mass is 79.9. The van der Waals surface area contributed by atoms with Crippen LogP contribution in [0.3, 0.4) is 0 Å². The second kappa shape index (κ2) is 7.27. The summed E-state index contributed by atoms with van der Waals surface area (Å²) in [7, 11) is 3.14. The van der Waals surface area contributed by atoms with Crippen LogP contribution in [0, 0.1) is 6.92 Å². The summed E-state index contributed by atoms with van der Waals surface area (Å²) in [5.41, 5.74) is 2.40. The van der Waals surface area contributed by atoms with Crippen LogP contribution in [0.25, 0.3) is 6.08 Å². The lowest BCUT2D eigenvalue weighted by Crippen LogP contribution is -1.99. The maximum Gasteiger partial charge on any atom is 0.186 e. The first-order valence-corrected chi connectivity index (χ1v) is 7.55. The number of carbonyl (C=O) groups is 1. The number of allylic oxidation sites excluding steroid dienone is 1. The smallest absolute Gasteiger partial charge is 0.186 e. The molecule has 0 unspecified atom stereocenters. The van der Waals surface area contributed by atoms with Gasteiger partial charge in [-0.15, -0.1) is 0 Å². The van der Waals surface area contributed by atoms with E-state index in [1.807, 2.05) is 31.2 Å². The second-order valence-corrected chi connectivity index (χ2v) is 5.69. The summed E-state index contributed by atoms with van der Waals surface area (Å²) in [5, 5.41) is 0. The fourth-order valence-corrected chi connectivity index (χ4v) is 2.40. The van der Waals surface area contributed by atoms with Gasteiger partial charge in [0.15, 0.2) is 17.3 Å². The predicted octanol–water partition coefficient (Wildman–Crippen LogP) is 4.67. The Labute approximate surface area is 138 Å². The molecule has 0 N–H and O–H groups in total. The van der Waals surface area contributed by atoms with Gasteiger partial charge in [0, 0.05) is 10.0 Å². The molecular weight excluding hydrogens is 344 g/mol. The molecule has 0 amide bonds. The topological polar surface area (TPSA) is 35.5 Å². The molecule has 2 aromatic rings. The number of rotatable bonds is 5. The predicted molar refractivity (Wildman–Crippen MR) is 91.8 cm³/mol. The van der Waals surface area contributed by atoms with E-state index in [2.05, 4.69) is 15.9 Å². The van der Waals surface area contributed by atoms with E-state index in [1.54, 1.807) is 38.5 Å². The Morgan fingerprint density at radius 2 is 1.77 bits per heavy atom. The summed E-state index contributed by atoms with van der Waals surface area (Å²) in [6.45, 7) is 1.89. The summed E-state index contributed by atoms with van der Waals surface area (Å²) in [6.07, 6.45) is 3.35. The fraction of sp³-hybridized carbons (Fsp3) is 0.167. The first-order chi connectivity index (χ1) is 10.5. The average Bonchev–Trinajstić information content (AvgIpc) is 2.53. The maximum atomic E-state index is 12.3. The molecular formula is C18H17BrO3. The molecule has 22 heavy (non-hydrogen) atoms. The van der Waals surface area contributed by atoms with Crippen LogP contribution in [0.2, 0.25) is 0 Å². The molecule has 0 fully saturated rings. The van der Waals surface area contributed by atoms with Gasteiger partial charge in [0.2, 0.25) is 0 Å². The van der Waals surface area contributed by atoms with E-state index in [9.17, 15) is 4.79 Å². The molecule has 0 saturated heterocycles. The van der Waals surface area contributed by atoms with Crippen molar-refractivity contribution in [3.63, 3.8) is 0 Å². The van der Waals surface area contributed by atoms with E-state index in [-0.39, 0.29) is 5.78 Å². The molecule has 0 aliphatic rings. The third kappa shape index (κ3) is 3.77. The number of ether oxygens (including phenoxy) is 2. The van der Waals surface area contributed by atoms with Crippen molar-refractivity contribution in [2.24, 2.45) is 0 Å². The highest BCUT2D eigenvalue weighted by Crippen LogP contribution is 2.32. The normalized spacial score (nSPS) is 10.7. The van der Waals surface area contributed by atoms with E-state index in [0.717, 1.165) is 15.6 Å². The zero-order valence-electron chi connectivity index (χ0n) is 12.7. The standard InChI is InChI=1S/C18H17BrO3/c1-12-10-14(11-17(21-2)18(12)22-3)16(20)9-6-13-4-7-15(19)8-5-13/h4-11H,1-3H3/b9-6+. The zero-order valence-corrected chi connectivity index (χ0v) is 14.3. The van der Waals surface area contributed by atoms with E-state index in [1.165, 1.54) is 0 Å². The summed E-state index contributed by atoms with van der Waals surface area (Å²) in [6, 6.07) is 11.2. The Morgan fingerprint density at radius 3 is 2.36 bits per heavy atom. The van der Waals surface area contributed by atoms with Crippen LogP contribution in [0.4, 0.5) is 0 Å². The van der Waals surface area contributed by atoms with Gasteiger partial charge in [0.05, 0.1) is 14.2 Å². The minimum Gasteiger partial charge on any atom is -0.493 e. The van der Waals surface area contributed by atoms with Crippen molar-refractivity contribution in [1.82, 2.24) is 0 Å². The number of benzene rings is 2. The van der Waals surface area contributed by atoms with E-state index in [0.29, 0.717) is 17.1 Å². The Balaban J connectivity index is 2.26. The van der Waals surface area contributed by atoms with Crippen molar-refractivity contribution >= 4 is 27.8 Å². The number of hydrogen-bond acceptors (Lipinski definition) is 3. The Morgan fingerprint density at radius 1 is 1.09 bits per heavy atom. The van der Waals surface area contributed by atoms with Crippen LogP contribution < -0.4 is 9.47 Å². The zero-order chi connectivity index (χ0) is 16.1. The Kier molecular flexibility index (Phi) is 5.39. The molecule has 0 heterocycles. The largest absolute Gasteiger partial charge is 0.493 e. The summed E-state index contributed by atoms with van der Waals surface area (Å²) in [4.78, 5) is 12.3. The number of carbonyl (C=O) groups excluding carboxylic acids is 1. The van der Waals surface area contributed by atoms with E-state index >= 15 is 0 Å². The average molecular weight is 361 g/mol. The molecule has 3 nitrogen and oxygen atoms in total. The van der Waals surface area contributed by atoms with Crippen molar-refractivity contribution in [3.05, 3.63) is 63.6 Å². The summed E-state index contributed by atoms with van der Waals surface area (Å²) < 4.78 is 11.6. The molecule has 0 bridgehead atoms. The molecule has 0 aliphatic heterocycles. The molecule has 0 aromatic heterocycles. The molecule has 2 aromatic carbocycles. The van der Waals surface area contributed by atoms with Gasteiger partial charge in [-0.2, -0.15) is 0 Å². The molecule has 0 saturated carbocycles. The second-order valence-electron chi connectivity index (χ2n) is 4.78. The number of hydrogen-bond donors (Lipinski definition) is 0. The first-order valence-electron chi connectivity index (χ1n) is 6.75. The van der Waals surface area contributed by atoms with Crippen LogP contribution in [-0.4, -0.2) is 20.0 Å². The van der Waals surface area contributed by atoms with Gasteiger partial charge in [-0.25, -0.2) is 0 Å². The molecule has 0 spiro atoms. The van der Waals surface area contributed by atoms with Crippen LogP contribution in [0.15, 0.2) is 46.9 Å². The molecule has 4 heteroatoms. The SMILES string of the molecule is COc1cc(C(=O)/C=C/c2ccc(Br)cc2)cc(C)c1OC. The maximum absolute atomic E-state index is 12.3. The van der Waals surface area contributed by atoms with Crippen LogP contribution >= 0.6 is 15.9 Å². The van der Waals surface area contributed by atoms with Crippen LogP contribution in [0.1, 0.15) is 21.5 Å². The molecule has 0 radical (unpaired) electrons. The van der Waals surface area contributed by atoms with Gasteiger partial charge in [-0.3, -0.25) is 4.79 Å². The quantitative estimate of drug-likeness (QED) is 0.574. The number of methoxy groups -OCH3 is 2. The fourth-order valence-electron chi connectivity index (χ4n) is 2.14. The first kappa shape index (κ1) is 16.3. The van der Waals surface area contributed by atoms with Gasteiger partial charge in [0.1, 0.15) is 0 Å². The van der Waals surface area contributed by atoms with Crippen molar-refractivity contribution in [2.45, 2.75) is 6.92 Å². The monoisotopic (exact) mass is 360 g/mol. The van der Waals surface area contributed by atoms with Crippen molar-refractivity contribution in [2.75, 3.05) is 14.2 Å². The van der Waals surface area contributed by atoms with Gasteiger partial charge in [-0.05, 0) is 48.4 Å². The summed E-state index contributed by atoms with van der Waals surface area (Å²) >= 11 is 3.38. The Hall–Kier alpha value is -2.07. The van der Waals surface area contributed by atoms with Crippen molar-refractivity contribution in [3.8, 4) is 11.5 Å². The third-order valence-corrected chi connectivity index (χ3v) is 3.77. The molecule has 2 rings (SSSR count). The van der Waals surface area contributed by atoms with Gasteiger partial charge < -0.3 is 9.47 Å². The highest BCUT2D eigenvalue weighted by Gasteiger charge is 2.12. The molecule has 114 valence electrons. The number of halogens is 1. The number of ketones is 1.